The largest absolute Gasteiger partial charge is 0.300 e. The van der Waals surface area contributed by atoms with Gasteiger partial charge in [0.15, 0.2) is 0 Å². The van der Waals surface area contributed by atoms with Crippen molar-refractivity contribution in [1.82, 2.24) is 4.57 Å². The molecule has 0 aliphatic carbocycles. The fraction of sp³-hybridized carbons (Fsp3) is 0.238. The summed E-state index contributed by atoms with van der Waals surface area (Å²) in [6, 6.07) is 11.3. The van der Waals surface area contributed by atoms with Gasteiger partial charge in [0.25, 0.3) is 5.91 Å². The Morgan fingerprint density at radius 3 is 2.74 bits per heavy atom. The van der Waals surface area contributed by atoms with Gasteiger partial charge in [-0.1, -0.05) is 11.6 Å². The van der Waals surface area contributed by atoms with Crippen LogP contribution >= 0.6 is 11.6 Å². The lowest BCUT2D eigenvalue weighted by Crippen LogP contribution is -2.51. The zero-order chi connectivity index (χ0) is 18.9. The molecule has 0 spiro atoms. The summed E-state index contributed by atoms with van der Waals surface area (Å²) in [5.74, 6) is -0.891. The Kier molecular flexibility index (Phi) is 3.32. The Labute approximate surface area is 160 Å². The minimum Gasteiger partial charge on any atom is -0.300 e. The van der Waals surface area contributed by atoms with Crippen LogP contribution in [0.5, 0.6) is 0 Å². The number of benzene rings is 2. The SMILES string of the molecule is CC12CCCC(=O)N1c1ccc(F)cc1C(=O)n1c2cc2cc(Cl)ccc21. The van der Waals surface area contributed by atoms with Crippen LogP contribution in [0, 0.1) is 5.82 Å². The average Bonchev–Trinajstić information content (AvgIpc) is 2.98. The molecule has 1 atom stereocenters. The maximum atomic E-state index is 14.0. The summed E-state index contributed by atoms with van der Waals surface area (Å²) in [6.45, 7) is 1.97. The number of hydrogen-bond donors (Lipinski definition) is 0. The first-order valence-electron chi connectivity index (χ1n) is 8.89. The molecular weight excluding hydrogens is 367 g/mol. The van der Waals surface area contributed by atoms with E-state index < -0.39 is 11.4 Å². The molecule has 3 aromatic rings. The minimum absolute atomic E-state index is 0.0545. The van der Waals surface area contributed by atoms with Gasteiger partial charge < -0.3 is 4.90 Å². The van der Waals surface area contributed by atoms with E-state index in [1.54, 1.807) is 27.7 Å². The molecule has 5 rings (SSSR count). The maximum absolute atomic E-state index is 14.0. The highest BCUT2D eigenvalue weighted by Gasteiger charge is 2.47. The standard InChI is InChI=1S/C21H16ClFN2O2/c1-21-8-2-3-19(26)25(21)17-7-5-14(23)11-15(17)20(27)24-16-6-4-13(22)9-12(16)10-18(21)24/h4-7,9-11H,2-3,8H2,1H3. The third-order valence-corrected chi connectivity index (χ3v) is 5.98. The van der Waals surface area contributed by atoms with Crippen LogP contribution in [0.4, 0.5) is 10.1 Å². The molecule has 2 aliphatic rings. The number of halogens is 2. The Morgan fingerprint density at radius 2 is 1.93 bits per heavy atom. The van der Waals surface area contributed by atoms with E-state index in [-0.39, 0.29) is 17.4 Å². The number of anilines is 1. The van der Waals surface area contributed by atoms with Crippen molar-refractivity contribution in [2.45, 2.75) is 31.7 Å². The van der Waals surface area contributed by atoms with Gasteiger partial charge in [0, 0.05) is 16.8 Å². The number of rotatable bonds is 0. The van der Waals surface area contributed by atoms with Crippen LogP contribution in [0.25, 0.3) is 10.9 Å². The zero-order valence-corrected chi connectivity index (χ0v) is 15.4. The van der Waals surface area contributed by atoms with Crippen molar-refractivity contribution >= 4 is 40.0 Å². The first-order valence-corrected chi connectivity index (χ1v) is 9.27. The fourth-order valence-electron chi connectivity index (χ4n) is 4.52. The number of carbonyl (C=O) groups excluding carboxylic acids is 2. The van der Waals surface area contributed by atoms with E-state index in [4.69, 9.17) is 11.6 Å². The molecular formula is C21H16ClFN2O2. The maximum Gasteiger partial charge on any atom is 0.264 e. The summed E-state index contributed by atoms with van der Waals surface area (Å²) in [7, 11) is 0. The summed E-state index contributed by atoms with van der Waals surface area (Å²) in [5, 5.41) is 1.40. The van der Waals surface area contributed by atoms with Crippen LogP contribution in [-0.4, -0.2) is 16.4 Å². The lowest BCUT2D eigenvalue weighted by molar-refractivity contribution is -0.121. The van der Waals surface area contributed by atoms with Gasteiger partial charge in [0.1, 0.15) is 5.82 Å². The molecule has 2 aromatic carbocycles. The van der Waals surface area contributed by atoms with Crippen molar-refractivity contribution in [3.8, 4) is 0 Å². The van der Waals surface area contributed by atoms with E-state index in [1.165, 1.54) is 18.2 Å². The number of piperidine rings is 1. The molecule has 3 heterocycles. The van der Waals surface area contributed by atoms with E-state index in [1.807, 2.05) is 13.0 Å². The van der Waals surface area contributed by atoms with Crippen LogP contribution in [-0.2, 0) is 10.3 Å². The quantitative estimate of drug-likeness (QED) is 0.556. The molecule has 0 radical (unpaired) electrons. The van der Waals surface area contributed by atoms with Gasteiger partial charge in [-0.05, 0) is 62.2 Å². The highest BCUT2D eigenvalue weighted by atomic mass is 35.5. The number of carbonyl (C=O) groups is 2. The second-order valence-electron chi connectivity index (χ2n) is 7.39. The molecule has 1 aromatic heterocycles. The van der Waals surface area contributed by atoms with Crippen molar-refractivity contribution in [3.63, 3.8) is 0 Å². The summed E-state index contributed by atoms with van der Waals surface area (Å²) in [4.78, 5) is 28.1. The highest BCUT2D eigenvalue weighted by molar-refractivity contribution is 6.31. The molecule has 2 aliphatic heterocycles. The molecule has 1 saturated heterocycles. The topological polar surface area (TPSA) is 42.3 Å². The van der Waals surface area contributed by atoms with Gasteiger partial charge >= 0.3 is 0 Å². The summed E-state index contributed by atoms with van der Waals surface area (Å²) in [6.07, 6.45) is 1.86. The minimum atomic E-state index is -0.695. The monoisotopic (exact) mass is 382 g/mol. The first-order chi connectivity index (χ1) is 12.9. The van der Waals surface area contributed by atoms with Gasteiger partial charge in [-0.2, -0.15) is 0 Å². The summed E-state index contributed by atoms with van der Waals surface area (Å²) < 4.78 is 15.6. The van der Waals surface area contributed by atoms with Gasteiger partial charge in [-0.3, -0.25) is 14.2 Å². The van der Waals surface area contributed by atoms with Crippen LogP contribution < -0.4 is 4.90 Å². The third-order valence-electron chi connectivity index (χ3n) is 5.75. The molecule has 1 fully saturated rings. The van der Waals surface area contributed by atoms with E-state index in [0.29, 0.717) is 29.1 Å². The van der Waals surface area contributed by atoms with Gasteiger partial charge in [0.05, 0.1) is 28.0 Å². The summed E-state index contributed by atoms with van der Waals surface area (Å²) in [5.41, 5.74) is 1.41. The number of fused-ring (bicyclic) bond motifs is 7. The number of hydrogen-bond acceptors (Lipinski definition) is 2. The predicted molar refractivity (Wildman–Crippen MR) is 102 cm³/mol. The highest BCUT2D eigenvalue weighted by Crippen LogP contribution is 2.46. The van der Waals surface area contributed by atoms with Crippen LogP contribution in [0.2, 0.25) is 5.02 Å². The number of nitrogens with zero attached hydrogens (tertiary/aromatic N) is 2. The Hall–Kier alpha value is -2.66. The van der Waals surface area contributed by atoms with Crippen molar-refractivity contribution in [3.05, 3.63) is 64.6 Å². The number of amides is 1. The predicted octanol–water partition coefficient (Wildman–Crippen LogP) is 4.87. The average molecular weight is 383 g/mol. The molecule has 1 unspecified atom stereocenters. The molecule has 0 saturated carbocycles. The van der Waals surface area contributed by atoms with Crippen molar-refractivity contribution < 1.29 is 14.0 Å². The lowest BCUT2D eigenvalue weighted by Gasteiger charge is -2.44. The van der Waals surface area contributed by atoms with E-state index in [0.717, 1.165) is 17.5 Å². The van der Waals surface area contributed by atoms with Gasteiger partial charge in [0.2, 0.25) is 5.91 Å². The van der Waals surface area contributed by atoms with Crippen LogP contribution in [0.1, 0.15) is 42.2 Å². The smallest absolute Gasteiger partial charge is 0.264 e. The third kappa shape index (κ3) is 2.15. The fourth-order valence-corrected chi connectivity index (χ4v) is 4.70. The molecule has 6 heteroatoms. The van der Waals surface area contributed by atoms with Crippen LogP contribution in [0.3, 0.4) is 0 Å². The zero-order valence-electron chi connectivity index (χ0n) is 14.6. The second kappa shape index (κ2) is 5.42. The van der Waals surface area contributed by atoms with Gasteiger partial charge in [-0.25, -0.2) is 4.39 Å². The van der Waals surface area contributed by atoms with Crippen molar-refractivity contribution in [2.24, 2.45) is 0 Å². The molecule has 4 nitrogen and oxygen atoms in total. The van der Waals surface area contributed by atoms with E-state index in [2.05, 4.69) is 0 Å². The Balaban J connectivity index is 1.93. The summed E-state index contributed by atoms with van der Waals surface area (Å²) >= 11 is 6.14. The van der Waals surface area contributed by atoms with Crippen molar-refractivity contribution in [2.75, 3.05) is 4.90 Å². The molecule has 1 amide bonds. The first kappa shape index (κ1) is 16.5. The normalized spacial score (nSPS) is 21.7. The lowest BCUT2D eigenvalue weighted by atomic mass is 9.84. The molecule has 0 bridgehead atoms. The van der Waals surface area contributed by atoms with E-state index >= 15 is 0 Å². The van der Waals surface area contributed by atoms with E-state index in [9.17, 15) is 14.0 Å². The molecule has 136 valence electrons. The van der Waals surface area contributed by atoms with Crippen molar-refractivity contribution in [1.29, 1.82) is 0 Å². The Bertz CT molecular complexity index is 1150. The van der Waals surface area contributed by atoms with Crippen LogP contribution in [0.15, 0.2) is 42.5 Å². The van der Waals surface area contributed by atoms with Gasteiger partial charge in [-0.15, -0.1) is 0 Å². The Morgan fingerprint density at radius 1 is 1.11 bits per heavy atom. The molecule has 27 heavy (non-hydrogen) atoms. The molecule has 0 N–H and O–H groups in total. The second-order valence-corrected chi connectivity index (χ2v) is 7.83. The number of aromatic nitrogens is 1.